The lowest BCUT2D eigenvalue weighted by Gasteiger charge is -2.14. The summed E-state index contributed by atoms with van der Waals surface area (Å²) in [6, 6.07) is 5.52. The molecule has 2 heterocycles. The summed E-state index contributed by atoms with van der Waals surface area (Å²) in [4.78, 5) is 7.21. The lowest BCUT2D eigenvalue weighted by molar-refractivity contribution is 0.0830. The highest BCUT2D eigenvalue weighted by Crippen LogP contribution is 2.24. The first-order valence-corrected chi connectivity index (χ1v) is 5.00. The molecule has 1 aromatic heterocycles. The van der Waals surface area contributed by atoms with Gasteiger partial charge in [-0.15, -0.1) is 0 Å². The second kappa shape index (κ2) is 3.52. The van der Waals surface area contributed by atoms with Gasteiger partial charge in [0.05, 0.1) is 17.6 Å². The van der Waals surface area contributed by atoms with Crippen molar-refractivity contribution < 1.29 is 4.74 Å². The number of benzene rings is 1. The molecule has 6 heteroatoms. The molecule has 80 valence electrons. The Morgan fingerprint density at radius 2 is 2.44 bits per heavy atom. The van der Waals surface area contributed by atoms with Crippen LogP contribution in [0.1, 0.15) is 5.82 Å². The summed E-state index contributed by atoms with van der Waals surface area (Å²) in [7, 11) is 0. The predicted molar refractivity (Wildman–Crippen MR) is 58.2 cm³/mol. The van der Waals surface area contributed by atoms with Gasteiger partial charge in [0.1, 0.15) is 12.4 Å². The minimum atomic E-state index is 0.547. The van der Waals surface area contributed by atoms with Crippen molar-refractivity contribution in [3.05, 3.63) is 34.5 Å². The van der Waals surface area contributed by atoms with Crippen molar-refractivity contribution in [2.24, 2.45) is 5.11 Å². The van der Waals surface area contributed by atoms with Crippen molar-refractivity contribution >= 4 is 16.7 Å². The maximum atomic E-state index is 8.37. The topological polar surface area (TPSA) is 75.8 Å². The molecule has 0 unspecified atom stereocenters. The van der Waals surface area contributed by atoms with Crippen LogP contribution in [0.2, 0.25) is 0 Å². The third-order valence-corrected chi connectivity index (χ3v) is 2.66. The number of rotatable bonds is 1. The number of hydrogen-bond acceptors (Lipinski definition) is 3. The van der Waals surface area contributed by atoms with Gasteiger partial charge in [-0.1, -0.05) is 11.2 Å². The summed E-state index contributed by atoms with van der Waals surface area (Å²) in [5.41, 5.74) is 10.9. The Balaban J connectivity index is 2.22. The molecule has 0 saturated heterocycles. The van der Waals surface area contributed by atoms with E-state index in [1.807, 2.05) is 6.07 Å². The highest BCUT2D eigenvalue weighted by molar-refractivity contribution is 5.79. The van der Waals surface area contributed by atoms with Crippen LogP contribution in [0.15, 0.2) is 23.3 Å². The molecule has 1 aliphatic heterocycles. The number of aromatic nitrogens is 2. The van der Waals surface area contributed by atoms with Crippen molar-refractivity contribution in [2.75, 3.05) is 6.61 Å². The molecule has 0 aliphatic carbocycles. The van der Waals surface area contributed by atoms with Crippen LogP contribution in [-0.4, -0.2) is 16.2 Å². The number of fused-ring (bicyclic) bond motifs is 3. The quantitative estimate of drug-likeness (QED) is 0.416. The van der Waals surface area contributed by atoms with E-state index >= 15 is 0 Å². The smallest absolute Gasteiger partial charge is 0.136 e. The zero-order valence-electron chi connectivity index (χ0n) is 8.50. The second-order valence-electron chi connectivity index (χ2n) is 3.59. The molecule has 0 spiro atoms. The van der Waals surface area contributed by atoms with Crippen molar-refractivity contribution in [2.45, 2.75) is 13.2 Å². The summed E-state index contributed by atoms with van der Waals surface area (Å²) in [6.45, 7) is 2.09. The Hall–Kier alpha value is -2.04. The Bertz CT molecular complexity index is 597. The number of nitrogens with zero attached hydrogens (tertiary/aromatic N) is 5. The van der Waals surface area contributed by atoms with Crippen molar-refractivity contribution in [1.82, 2.24) is 9.55 Å². The second-order valence-corrected chi connectivity index (χ2v) is 3.59. The van der Waals surface area contributed by atoms with Crippen LogP contribution >= 0.6 is 0 Å². The average Bonchev–Trinajstić information content (AvgIpc) is 2.67. The van der Waals surface area contributed by atoms with Gasteiger partial charge >= 0.3 is 0 Å². The molecule has 0 N–H and O–H groups in total. The Labute approximate surface area is 91.1 Å². The van der Waals surface area contributed by atoms with E-state index in [4.69, 9.17) is 10.3 Å². The zero-order chi connectivity index (χ0) is 11.0. The maximum Gasteiger partial charge on any atom is 0.136 e. The van der Waals surface area contributed by atoms with E-state index in [0.29, 0.717) is 12.3 Å². The van der Waals surface area contributed by atoms with Gasteiger partial charge in [-0.3, -0.25) is 0 Å². The third-order valence-electron chi connectivity index (χ3n) is 2.66. The van der Waals surface area contributed by atoms with Crippen LogP contribution in [-0.2, 0) is 17.9 Å². The molecule has 0 radical (unpaired) electrons. The molecule has 16 heavy (non-hydrogen) atoms. The maximum absolute atomic E-state index is 8.37. The molecule has 0 amide bonds. The summed E-state index contributed by atoms with van der Waals surface area (Å²) in [5.74, 6) is 0.930. The molecule has 6 nitrogen and oxygen atoms in total. The van der Waals surface area contributed by atoms with Crippen LogP contribution < -0.4 is 0 Å². The van der Waals surface area contributed by atoms with Crippen LogP contribution in [0, 0.1) is 0 Å². The number of ether oxygens (including phenoxy) is 1. The highest BCUT2D eigenvalue weighted by atomic mass is 16.5. The predicted octanol–water partition coefficient (Wildman–Crippen LogP) is 2.51. The van der Waals surface area contributed by atoms with E-state index < -0.39 is 0 Å². The van der Waals surface area contributed by atoms with Gasteiger partial charge in [0.25, 0.3) is 0 Å². The molecule has 3 rings (SSSR count). The molecule has 0 saturated carbocycles. The minimum Gasteiger partial charge on any atom is -0.372 e. The van der Waals surface area contributed by atoms with Crippen LogP contribution in [0.3, 0.4) is 0 Å². The monoisotopic (exact) mass is 215 g/mol. The fraction of sp³-hybridized carbons (Fsp3) is 0.300. The number of hydrogen-bond donors (Lipinski definition) is 0. The molecule has 0 fully saturated rings. The Morgan fingerprint density at radius 1 is 1.50 bits per heavy atom. The van der Waals surface area contributed by atoms with Crippen LogP contribution in [0.25, 0.3) is 21.5 Å². The molecule has 0 bridgehead atoms. The molecule has 2 aromatic rings. The largest absolute Gasteiger partial charge is 0.372 e. The van der Waals surface area contributed by atoms with Gasteiger partial charge in [0, 0.05) is 17.1 Å². The van der Waals surface area contributed by atoms with Gasteiger partial charge in [-0.05, 0) is 17.7 Å². The van der Waals surface area contributed by atoms with Gasteiger partial charge in [0.2, 0.25) is 0 Å². The van der Waals surface area contributed by atoms with E-state index in [1.54, 1.807) is 12.1 Å². The van der Waals surface area contributed by atoms with E-state index in [9.17, 15) is 0 Å². The molecule has 1 aromatic carbocycles. The van der Waals surface area contributed by atoms with Gasteiger partial charge in [-0.2, -0.15) is 0 Å². The standard InChI is InChI=1S/C10H9N5O/c11-14-13-7-1-2-9-8(5-7)12-10-6-16-4-3-15(9)10/h1-2,5H,3-4,6H2. The molecule has 1 aliphatic rings. The number of azide groups is 1. The SMILES string of the molecule is [N-]=[N+]=Nc1ccc2c(c1)nc1n2CCOC1. The van der Waals surface area contributed by atoms with Crippen molar-refractivity contribution in [3.8, 4) is 0 Å². The summed E-state index contributed by atoms with van der Waals surface area (Å²) in [5, 5.41) is 3.56. The van der Waals surface area contributed by atoms with E-state index in [1.165, 1.54) is 0 Å². The van der Waals surface area contributed by atoms with Crippen LogP contribution in [0.4, 0.5) is 5.69 Å². The molecular formula is C10H9N5O. The van der Waals surface area contributed by atoms with Gasteiger partial charge in [-0.25, -0.2) is 4.98 Å². The van der Waals surface area contributed by atoms with E-state index in [-0.39, 0.29) is 0 Å². The minimum absolute atomic E-state index is 0.547. The lowest BCUT2D eigenvalue weighted by Crippen LogP contribution is -2.16. The highest BCUT2D eigenvalue weighted by Gasteiger charge is 2.14. The Kier molecular flexibility index (Phi) is 2.02. The Morgan fingerprint density at radius 3 is 3.31 bits per heavy atom. The van der Waals surface area contributed by atoms with Gasteiger partial charge < -0.3 is 9.30 Å². The average molecular weight is 215 g/mol. The van der Waals surface area contributed by atoms with E-state index in [2.05, 4.69) is 19.6 Å². The van der Waals surface area contributed by atoms with Crippen LogP contribution in [0.5, 0.6) is 0 Å². The summed E-state index contributed by atoms with van der Waals surface area (Å²) >= 11 is 0. The first-order valence-electron chi connectivity index (χ1n) is 5.00. The fourth-order valence-corrected chi connectivity index (χ4v) is 1.96. The first-order chi connectivity index (χ1) is 7.88. The number of imidazole rings is 1. The molecule has 0 atom stereocenters. The zero-order valence-corrected chi connectivity index (χ0v) is 8.50. The summed E-state index contributed by atoms with van der Waals surface area (Å²) in [6.07, 6.45) is 0. The first kappa shape index (κ1) is 9.21. The van der Waals surface area contributed by atoms with E-state index in [0.717, 1.165) is 30.0 Å². The summed E-state index contributed by atoms with van der Waals surface area (Å²) < 4.78 is 7.48. The lowest BCUT2D eigenvalue weighted by atomic mass is 10.3. The normalized spacial score (nSPS) is 14.5. The van der Waals surface area contributed by atoms with Crippen molar-refractivity contribution in [1.29, 1.82) is 0 Å². The van der Waals surface area contributed by atoms with Gasteiger partial charge in [0.15, 0.2) is 0 Å². The third kappa shape index (κ3) is 1.32. The fourth-order valence-electron chi connectivity index (χ4n) is 1.96. The molecular weight excluding hydrogens is 206 g/mol. The van der Waals surface area contributed by atoms with Crippen molar-refractivity contribution in [3.63, 3.8) is 0 Å².